The third-order valence-corrected chi connectivity index (χ3v) is 6.84. The highest BCUT2D eigenvalue weighted by Crippen LogP contribution is 2.66. The number of rotatable bonds is 6. The maximum atomic E-state index is 13.7. The number of halogens is 2. The molecule has 1 amide bonds. The van der Waals surface area contributed by atoms with Gasteiger partial charge in [0, 0.05) is 32.4 Å². The number of nitrogens with zero attached hydrogens (tertiary/aromatic N) is 5. The first kappa shape index (κ1) is 19.3. The van der Waals surface area contributed by atoms with Crippen LogP contribution in [0.25, 0.3) is 0 Å². The van der Waals surface area contributed by atoms with Gasteiger partial charge in [-0.15, -0.1) is 5.10 Å². The molecule has 2 fully saturated rings. The largest absolute Gasteiger partial charge is 0.378 e. The van der Waals surface area contributed by atoms with Crippen molar-refractivity contribution in [3.63, 3.8) is 0 Å². The van der Waals surface area contributed by atoms with Crippen LogP contribution < -0.4 is 0 Å². The average Bonchev–Trinajstić information content (AvgIpc) is 3.34. The molecule has 7 nitrogen and oxygen atoms in total. The van der Waals surface area contributed by atoms with Crippen LogP contribution in [0.3, 0.4) is 0 Å². The van der Waals surface area contributed by atoms with E-state index in [4.69, 9.17) is 4.74 Å². The van der Waals surface area contributed by atoms with Gasteiger partial charge >= 0.3 is 0 Å². The van der Waals surface area contributed by atoms with Crippen molar-refractivity contribution < 1.29 is 18.3 Å². The lowest BCUT2D eigenvalue weighted by atomic mass is 9.42. The van der Waals surface area contributed by atoms with Crippen molar-refractivity contribution in [2.24, 2.45) is 22.4 Å². The Balaban J connectivity index is 1.28. The lowest BCUT2D eigenvalue weighted by Gasteiger charge is -2.62. The van der Waals surface area contributed by atoms with Crippen LogP contribution in [0.5, 0.6) is 0 Å². The van der Waals surface area contributed by atoms with Gasteiger partial charge in [-0.2, -0.15) is 5.10 Å². The molecule has 158 valence electrons. The second kappa shape index (κ2) is 7.23. The molecule has 0 saturated heterocycles. The van der Waals surface area contributed by atoms with Crippen LogP contribution in [-0.4, -0.2) is 39.2 Å². The third-order valence-electron chi connectivity index (χ3n) is 6.84. The number of methoxy groups -OCH3 is 1. The fourth-order valence-corrected chi connectivity index (χ4v) is 5.36. The Kier molecular flexibility index (Phi) is 4.65. The summed E-state index contributed by atoms with van der Waals surface area (Å²) in [5.41, 5.74) is 0.811. The minimum atomic E-state index is -0.645. The summed E-state index contributed by atoms with van der Waals surface area (Å²) < 4.78 is 34.3. The second-order valence-corrected chi connectivity index (χ2v) is 8.53. The van der Waals surface area contributed by atoms with Gasteiger partial charge < -0.3 is 4.74 Å². The van der Waals surface area contributed by atoms with Gasteiger partial charge in [0.15, 0.2) is 0 Å². The summed E-state index contributed by atoms with van der Waals surface area (Å²) in [5, 5.41) is 14.0. The molecule has 4 unspecified atom stereocenters. The Morgan fingerprint density at radius 1 is 1.30 bits per heavy atom. The van der Waals surface area contributed by atoms with Crippen LogP contribution in [0.15, 0.2) is 29.5 Å². The molecular formula is C21H23F2N5O2. The molecule has 5 rings (SSSR count). The summed E-state index contributed by atoms with van der Waals surface area (Å²) in [6, 6.07) is 2.95. The Morgan fingerprint density at radius 2 is 2.10 bits per heavy atom. The van der Waals surface area contributed by atoms with E-state index >= 15 is 0 Å². The Hall–Kier alpha value is -2.68. The van der Waals surface area contributed by atoms with Gasteiger partial charge in [-0.3, -0.25) is 9.48 Å². The molecular weight excluding hydrogens is 392 g/mol. The highest BCUT2D eigenvalue weighted by atomic mass is 19.1. The van der Waals surface area contributed by atoms with Crippen LogP contribution in [0.2, 0.25) is 0 Å². The summed E-state index contributed by atoms with van der Waals surface area (Å²) in [5.74, 6) is -0.684. The van der Waals surface area contributed by atoms with Gasteiger partial charge in [0.25, 0.3) is 0 Å². The molecule has 1 aromatic heterocycles. The van der Waals surface area contributed by atoms with E-state index in [1.165, 1.54) is 17.1 Å². The first-order chi connectivity index (χ1) is 14.5. The predicted octanol–water partition coefficient (Wildman–Crippen LogP) is 3.08. The zero-order valence-corrected chi connectivity index (χ0v) is 16.7. The van der Waals surface area contributed by atoms with Gasteiger partial charge in [0.2, 0.25) is 5.91 Å². The number of hydrogen-bond donors (Lipinski definition) is 0. The molecule has 2 aromatic rings. The zero-order chi connectivity index (χ0) is 20.9. The quantitative estimate of drug-likeness (QED) is 0.727. The van der Waals surface area contributed by atoms with E-state index in [0.29, 0.717) is 24.5 Å². The Labute approximate surface area is 172 Å². The Morgan fingerprint density at radius 3 is 2.77 bits per heavy atom. The SMILES string of the molecule is COCc1cn(CC2CC3(C(=O)N4N=CCC4c4cc(F)cc(F)c4)CCC23)nn1. The van der Waals surface area contributed by atoms with Gasteiger partial charge in [-0.05, 0) is 48.8 Å². The first-order valence-corrected chi connectivity index (χ1v) is 10.2. The van der Waals surface area contributed by atoms with E-state index in [9.17, 15) is 13.6 Å². The molecule has 9 heteroatoms. The monoisotopic (exact) mass is 415 g/mol. The smallest absolute Gasteiger partial charge is 0.249 e. The second-order valence-electron chi connectivity index (χ2n) is 8.53. The molecule has 2 heterocycles. The van der Waals surface area contributed by atoms with E-state index < -0.39 is 23.1 Å². The van der Waals surface area contributed by atoms with Crippen molar-refractivity contribution in [1.82, 2.24) is 20.0 Å². The van der Waals surface area contributed by atoms with Crippen molar-refractivity contribution in [1.29, 1.82) is 0 Å². The minimum absolute atomic E-state index is 0.0305. The number of hydrazone groups is 1. The number of benzene rings is 1. The van der Waals surface area contributed by atoms with Crippen LogP contribution in [0.4, 0.5) is 8.78 Å². The highest BCUT2D eigenvalue weighted by molar-refractivity contribution is 5.87. The lowest BCUT2D eigenvalue weighted by molar-refractivity contribution is -0.188. The molecule has 3 aliphatic rings. The van der Waals surface area contributed by atoms with Crippen molar-refractivity contribution in [2.45, 2.75) is 44.9 Å². The molecule has 1 aromatic carbocycles. The molecule has 0 bridgehead atoms. The maximum absolute atomic E-state index is 13.7. The molecule has 0 radical (unpaired) electrons. The lowest BCUT2D eigenvalue weighted by Crippen LogP contribution is -2.63. The van der Waals surface area contributed by atoms with Crippen LogP contribution in [0.1, 0.15) is 43.0 Å². The standard InChI is InChI=1S/C21H23F2N5O2/c1-30-12-17-11-27(26-25-17)10-14-9-21(4-2-18(14)21)20(29)28-19(3-5-24-28)13-6-15(22)8-16(23)7-13/h5-8,11,14,18-19H,2-4,9-10,12H2,1H3. The molecule has 4 atom stereocenters. The van der Waals surface area contributed by atoms with Gasteiger partial charge in [0.1, 0.15) is 17.3 Å². The maximum Gasteiger partial charge on any atom is 0.249 e. The van der Waals surface area contributed by atoms with E-state index in [-0.39, 0.29) is 11.8 Å². The van der Waals surface area contributed by atoms with Crippen molar-refractivity contribution in [3.8, 4) is 0 Å². The van der Waals surface area contributed by atoms with E-state index in [0.717, 1.165) is 37.6 Å². The highest BCUT2D eigenvalue weighted by Gasteiger charge is 2.65. The summed E-state index contributed by atoms with van der Waals surface area (Å²) in [6.45, 7) is 1.14. The van der Waals surface area contributed by atoms with Gasteiger partial charge in [-0.1, -0.05) is 5.21 Å². The Bertz CT molecular complexity index is 989. The van der Waals surface area contributed by atoms with E-state index in [2.05, 4.69) is 15.4 Å². The molecule has 0 N–H and O–H groups in total. The number of carbonyl (C=O) groups excluding carboxylic acids is 1. The molecule has 2 saturated carbocycles. The van der Waals surface area contributed by atoms with Gasteiger partial charge in [0.05, 0.1) is 24.3 Å². The van der Waals surface area contributed by atoms with Crippen LogP contribution in [0, 0.1) is 28.9 Å². The topological polar surface area (TPSA) is 72.6 Å². The molecule has 2 aliphatic carbocycles. The minimum Gasteiger partial charge on any atom is -0.378 e. The van der Waals surface area contributed by atoms with E-state index in [1.807, 2.05) is 10.9 Å². The number of carbonyl (C=O) groups is 1. The predicted molar refractivity (Wildman–Crippen MR) is 103 cm³/mol. The van der Waals surface area contributed by atoms with Crippen molar-refractivity contribution in [3.05, 3.63) is 47.3 Å². The fraction of sp³-hybridized carbons (Fsp3) is 0.524. The average molecular weight is 415 g/mol. The molecule has 30 heavy (non-hydrogen) atoms. The number of ether oxygens (including phenoxy) is 1. The van der Waals surface area contributed by atoms with Crippen molar-refractivity contribution in [2.75, 3.05) is 7.11 Å². The third kappa shape index (κ3) is 3.03. The van der Waals surface area contributed by atoms with Crippen LogP contribution in [-0.2, 0) is 22.7 Å². The van der Waals surface area contributed by atoms with Crippen molar-refractivity contribution >= 4 is 12.1 Å². The summed E-state index contributed by atoms with van der Waals surface area (Å²) in [4.78, 5) is 13.4. The number of hydrogen-bond acceptors (Lipinski definition) is 5. The van der Waals surface area contributed by atoms with E-state index in [1.54, 1.807) is 13.3 Å². The molecule has 0 spiro atoms. The van der Waals surface area contributed by atoms with Crippen LogP contribution >= 0.6 is 0 Å². The number of amides is 1. The fourth-order valence-electron chi connectivity index (χ4n) is 5.36. The number of aromatic nitrogens is 3. The normalized spacial score (nSPS) is 29.4. The molecule has 1 aliphatic heterocycles. The summed E-state index contributed by atoms with van der Waals surface area (Å²) in [7, 11) is 1.62. The first-order valence-electron chi connectivity index (χ1n) is 10.2. The summed E-state index contributed by atoms with van der Waals surface area (Å²) >= 11 is 0. The summed E-state index contributed by atoms with van der Waals surface area (Å²) in [6.07, 6.45) is 6.58. The zero-order valence-electron chi connectivity index (χ0n) is 16.7. The van der Waals surface area contributed by atoms with Gasteiger partial charge in [-0.25, -0.2) is 13.8 Å². The number of fused-ring (bicyclic) bond motifs is 1.